The molecule has 1 heterocycles. The van der Waals surface area contributed by atoms with E-state index >= 15 is 0 Å². The van der Waals surface area contributed by atoms with Crippen molar-refractivity contribution in [3.8, 4) is 0 Å². The fourth-order valence-electron chi connectivity index (χ4n) is 1.88. The molecule has 0 bridgehead atoms. The maximum atomic E-state index is 8.97. The number of aryl methyl sites for hydroxylation is 1. The SMILES string of the molecule is CCc1ccc(C(CN)NC(CC)CCO)o1. The fourth-order valence-corrected chi connectivity index (χ4v) is 1.88. The summed E-state index contributed by atoms with van der Waals surface area (Å²) in [6, 6.07) is 4.29. The van der Waals surface area contributed by atoms with Crippen molar-refractivity contribution in [3.63, 3.8) is 0 Å². The van der Waals surface area contributed by atoms with E-state index in [4.69, 9.17) is 15.3 Å². The summed E-state index contributed by atoms with van der Waals surface area (Å²) >= 11 is 0. The van der Waals surface area contributed by atoms with E-state index in [1.54, 1.807) is 0 Å². The van der Waals surface area contributed by atoms with Crippen molar-refractivity contribution >= 4 is 0 Å². The molecular weight excluding hydrogens is 216 g/mol. The Morgan fingerprint density at radius 1 is 1.41 bits per heavy atom. The molecule has 0 aliphatic rings. The maximum Gasteiger partial charge on any atom is 0.122 e. The van der Waals surface area contributed by atoms with Gasteiger partial charge in [0.15, 0.2) is 0 Å². The van der Waals surface area contributed by atoms with Gasteiger partial charge in [0.25, 0.3) is 0 Å². The molecule has 4 heteroatoms. The van der Waals surface area contributed by atoms with Gasteiger partial charge in [-0.25, -0.2) is 0 Å². The average molecular weight is 240 g/mol. The molecule has 0 fully saturated rings. The molecule has 98 valence electrons. The molecule has 1 aromatic heterocycles. The topological polar surface area (TPSA) is 71.4 Å². The Morgan fingerprint density at radius 2 is 2.18 bits per heavy atom. The Hall–Kier alpha value is -0.840. The molecule has 2 unspecified atom stereocenters. The summed E-state index contributed by atoms with van der Waals surface area (Å²) in [6.45, 7) is 4.86. The molecule has 1 rings (SSSR count). The molecule has 0 radical (unpaired) electrons. The normalized spacial score (nSPS) is 14.8. The Kier molecular flexibility index (Phi) is 6.26. The lowest BCUT2D eigenvalue weighted by molar-refractivity contribution is 0.250. The number of furan rings is 1. The van der Waals surface area contributed by atoms with E-state index in [2.05, 4.69) is 19.2 Å². The van der Waals surface area contributed by atoms with Crippen LogP contribution < -0.4 is 11.1 Å². The highest BCUT2D eigenvalue weighted by Gasteiger charge is 2.17. The number of rotatable bonds is 8. The number of hydrogen-bond donors (Lipinski definition) is 3. The highest BCUT2D eigenvalue weighted by Crippen LogP contribution is 2.17. The van der Waals surface area contributed by atoms with Crippen molar-refractivity contribution in [3.05, 3.63) is 23.7 Å². The predicted molar refractivity (Wildman–Crippen MR) is 68.8 cm³/mol. The van der Waals surface area contributed by atoms with Gasteiger partial charge in [0.2, 0.25) is 0 Å². The molecule has 4 nitrogen and oxygen atoms in total. The van der Waals surface area contributed by atoms with Crippen LogP contribution in [-0.2, 0) is 6.42 Å². The van der Waals surface area contributed by atoms with Crippen molar-refractivity contribution in [1.29, 1.82) is 0 Å². The van der Waals surface area contributed by atoms with Gasteiger partial charge >= 0.3 is 0 Å². The van der Waals surface area contributed by atoms with Gasteiger partial charge in [-0.15, -0.1) is 0 Å². The number of hydrogen-bond acceptors (Lipinski definition) is 4. The lowest BCUT2D eigenvalue weighted by Crippen LogP contribution is -2.36. The van der Waals surface area contributed by atoms with Crippen LogP contribution in [-0.4, -0.2) is 24.3 Å². The fraction of sp³-hybridized carbons (Fsp3) is 0.692. The zero-order chi connectivity index (χ0) is 12.7. The molecule has 0 saturated carbocycles. The lowest BCUT2D eigenvalue weighted by atomic mass is 10.1. The number of aliphatic hydroxyl groups is 1. The molecule has 0 amide bonds. The van der Waals surface area contributed by atoms with Gasteiger partial charge in [0.1, 0.15) is 11.5 Å². The Balaban J connectivity index is 2.63. The Labute approximate surface area is 103 Å². The van der Waals surface area contributed by atoms with Crippen LogP contribution in [0, 0.1) is 0 Å². The van der Waals surface area contributed by atoms with Gasteiger partial charge in [-0.05, 0) is 25.0 Å². The summed E-state index contributed by atoms with van der Waals surface area (Å²) in [5.74, 6) is 1.87. The van der Waals surface area contributed by atoms with Crippen LogP contribution in [0.4, 0.5) is 0 Å². The number of aliphatic hydroxyl groups excluding tert-OH is 1. The highest BCUT2D eigenvalue weighted by atomic mass is 16.3. The summed E-state index contributed by atoms with van der Waals surface area (Å²) in [6.07, 6.45) is 2.61. The first-order chi connectivity index (χ1) is 8.24. The molecule has 0 aliphatic heterocycles. The lowest BCUT2D eigenvalue weighted by Gasteiger charge is -2.22. The minimum atomic E-state index is 0.0341. The average Bonchev–Trinajstić information content (AvgIpc) is 2.83. The Morgan fingerprint density at radius 3 is 2.65 bits per heavy atom. The molecule has 0 aromatic carbocycles. The minimum absolute atomic E-state index is 0.0341. The number of nitrogens with one attached hydrogen (secondary N) is 1. The van der Waals surface area contributed by atoms with Crippen molar-refractivity contribution in [2.75, 3.05) is 13.2 Å². The molecule has 4 N–H and O–H groups in total. The first-order valence-electron chi connectivity index (χ1n) is 6.40. The third-order valence-corrected chi connectivity index (χ3v) is 3.02. The second kappa shape index (κ2) is 7.48. The molecule has 0 aliphatic carbocycles. The quantitative estimate of drug-likeness (QED) is 0.645. The van der Waals surface area contributed by atoms with Gasteiger partial charge in [0.05, 0.1) is 6.04 Å². The summed E-state index contributed by atoms with van der Waals surface area (Å²) in [5, 5.41) is 12.4. The third-order valence-electron chi connectivity index (χ3n) is 3.02. The van der Waals surface area contributed by atoms with Crippen molar-refractivity contribution in [1.82, 2.24) is 5.32 Å². The molecule has 0 spiro atoms. The zero-order valence-corrected chi connectivity index (χ0v) is 10.8. The van der Waals surface area contributed by atoms with E-state index in [9.17, 15) is 0 Å². The predicted octanol–water partition coefficient (Wildman–Crippen LogP) is 1.59. The van der Waals surface area contributed by atoms with E-state index < -0.39 is 0 Å². The standard InChI is InChI=1S/C13H24N2O2/c1-3-10(7-8-16)15-12(9-14)13-6-5-11(4-2)17-13/h5-6,10,12,15-16H,3-4,7-9,14H2,1-2H3. The monoisotopic (exact) mass is 240 g/mol. The number of nitrogens with two attached hydrogens (primary N) is 1. The summed E-state index contributed by atoms with van der Waals surface area (Å²) in [5.41, 5.74) is 5.77. The van der Waals surface area contributed by atoms with Crippen LogP contribution in [0.3, 0.4) is 0 Å². The van der Waals surface area contributed by atoms with Gasteiger partial charge < -0.3 is 20.6 Å². The van der Waals surface area contributed by atoms with Crippen LogP contribution in [0.25, 0.3) is 0 Å². The third kappa shape index (κ3) is 4.15. The van der Waals surface area contributed by atoms with Crippen molar-refractivity contribution < 1.29 is 9.52 Å². The summed E-state index contributed by atoms with van der Waals surface area (Å²) in [7, 11) is 0. The van der Waals surface area contributed by atoms with E-state index in [0.29, 0.717) is 6.54 Å². The van der Waals surface area contributed by atoms with Crippen LogP contribution in [0.1, 0.15) is 44.3 Å². The second-order valence-electron chi connectivity index (χ2n) is 4.23. The van der Waals surface area contributed by atoms with E-state index in [-0.39, 0.29) is 18.7 Å². The molecule has 0 saturated heterocycles. The van der Waals surface area contributed by atoms with Gasteiger partial charge in [-0.2, -0.15) is 0 Å². The van der Waals surface area contributed by atoms with Crippen LogP contribution >= 0.6 is 0 Å². The minimum Gasteiger partial charge on any atom is -0.464 e. The van der Waals surface area contributed by atoms with E-state index in [1.165, 1.54) is 0 Å². The zero-order valence-electron chi connectivity index (χ0n) is 10.8. The molecule has 17 heavy (non-hydrogen) atoms. The molecular formula is C13H24N2O2. The van der Waals surface area contributed by atoms with Crippen LogP contribution in [0.5, 0.6) is 0 Å². The van der Waals surface area contributed by atoms with Gasteiger partial charge in [-0.1, -0.05) is 13.8 Å². The van der Waals surface area contributed by atoms with E-state index in [0.717, 1.165) is 30.8 Å². The van der Waals surface area contributed by atoms with Gasteiger partial charge in [0, 0.05) is 25.6 Å². The summed E-state index contributed by atoms with van der Waals surface area (Å²) < 4.78 is 5.70. The highest BCUT2D eigenvalue weighted by molar-refractivity contribution is 5.11. The van der Waals surface area contributed by atoms with E-state index in [1.807, 2.05) is 12.1 Å². The second-order valence-corrected chi connectivity index (χ2v) is 4.23. The largest absolute Gasteiger partial charge is 0.464 e. The van der Waals surface area contributed by atoms with Crippen LogP contribution in [0.15, 0.2) is 16.5 Å². The van der Waals surface area contributed by atoms with Crippen LogP contribution in [0.2, 0.25) is 0 Å². The smallest absolute Gasteiger partial charge is 0.122 e. The van der Waals surface area contributed by atoms with Gasteiger partial charge in [-0.3, -0.25) is 0 Å². The van der Waals surface area contributed by atoms with Crippen molar-refractivity contribution in [2.24, 2.45) is 5.73 Å². The summed E-state index contributed by atoms with van der Waals surface area (Å²) in [4.78, 5) is 0. The molecule has 1 aromatic rings. The van der Waals surface area contributed by atoms with Crippen molar-refractivity contribution in [2.45, 2.75) is 45.2 Å². The first kappa shape index (κ1) is 14.2. The molecule has 2 atom stereocenters. The first-order valence-corrected chi connectivity index (χ1v) is 6.40. The maximum absolute atomic E-state index is 8.97. The Bertz CT molecular complexity index is 312.